The highest BCUT2D eigenvalue weighted by atomic mass is 16.2. The Bertz CT molecular complexity index is 1170. The van der Waals surface area contributed by atoms with E-state index in [4.69, 9.17) is 0 Å². The predicted octanol–water partition coefficient (Wildman–Crippen LogP) is 3.34. The smallest absolute Gasteiger partial charge is 0.265 e. The number of aromatic nitrogens is 2. The van der Waals surface area contributed by atoms with Crippen LogP contribution in [0.4, 0.5) is 0 Å². The molecule has 0 bridgehead atoms. The summed E-state index contributed by atoms with van der Waals surface area (Å²) >= 11 is 0. The van der Waals surface area contributed by atoms with Crippen molar-refractivity contribution in [1.29, 1.82) is 0 Å². The first-order chi connectivity index (χ1) is 12.6. The van der Waals surface area contributed by atoms with Gasteiger partial charge in [0.1, 0.15) is 5.65 Å². The highest BCUT2D eigenvalue weighted by Gasteiger charge is 2.13. The van der Waals surface area contributed by atoms with Crippen LogP contribution < -0.4 is 10.9 Å². The minimum atomic E-state index is -0.233. The van der Waals surface area contributed by atoms with E-state index in [1.165, 1.54) is 4.40 Å². The molecule has 4 rings (SSSR count). The predicted molar refractivity (Wildman–Crippen MR) is 101 cm³/mol. The molecular weight excluding hydrogens is 326 g/mol. The van der Waals surface area contributed by atoms with E-state index in [1.54, 1.807) is 36.5 Å². The van der Waals surface area contributed by atoms with Gasteiger partial charge in [-0.3, -0.25) is 14.0 Å². The number of carbonyl (C=O) groups is 1. The molecule has 0 saturated heterocycles. The average molecular weight is 343 g/mol. The third kappa shape index (κ3) is 2.84. The summed E-state index contributed by atoms with van der Waals surface area (Å²) < 4.78 is 1.42. The monoisotopic (exact) mass is 343 g/mol. The first-order valence-electron chi connectivity index (χ1n) is 8.40. The van der Waals surface area contributed by atoms with Gasteiger partial charge in [-0.05, 0) is 36.8 Å². The van der Waals surface area contributed by atoms with Crippen LogP contribution in [0.5, 0.6) is 0 Å². The fraction of sp³-hybridized carbons (Fsp3) is 0.0952. The summed E-state index contributed by atoms with van der Waals surface area (Å²) in [6.45, 7) is 1.93. The minimum Gasteiger partial charge on any atom is -0.345 e. The Labute approximate surface area is 149 Å². The number of nitrogens with zero attached hydrogens (tertiary/aromatic N) is 2. The lowest BCUT2D eigenvalue weighted by Gasteiger charge is -2.14. The molecule has 1 amide bonds. The maximum atomic E-state index is 12.7. The lowest BCUT2D eigenvalue weighted by atomic mass is 10.1. The van der Waals surface area contributed by atoms with Crippen molar-refractivity contribution in [1.82, 2.24) is 14.7 Å². The van der Waals surface area contributed by atoms with Crippen molar-refractivity contribution < 1.29 is 4.79 Å². The highest BCUT2D eigenvalue weighted by molar-refractivity contribution is 5.94. The average Bonchev–Trinajstić information content (AvgIpc) is 2.68. The lowest BCUT2D eigenvalue weighted by Crippen LogP contribution is -2.27. The van der Waals surface area contributed by atoms with Crippen LogP contribution in [-0.2, 0) is 0 Å². The van der Waals surface area contributed by atoms with Gasteiger partial charge in [-0.2, -0.15) is 0 Å². The molecule has 0 aliphatic heterocycles. The van der Waals surface area contributed by atoms with Gasteiger partial charge in [-0.15, -0.1) is 0 Å². The number of fused-ring (bicyclic) bond motifs is 2. The van der Waals surface area contributed by atoms with Gasteiger partial charge in [0.2, 0.25) is 0 Å². The van der Waals surface area contributed by atoms with Gasteiger partial charge < -0.3 is 5.32 Å². The molecule has 5 heteroatoms. The van der Waals surface area contributed by atoms with E-state index in [0.717, 1.165) is 5.56 Å². The first kappa shape index (κ1) is 16.0. The molecule has 2 heterocycles. The molecule has 0 saturated carbocycles. The molecule has 0 unspecified atom stereocenters. The summed E-state index contributed by atoms with van der Waals surface area (Å²) in [6.07, 6.45) is 1.55. The van der Waals surface area contributed by atoms with Crippen LogP contribution in [0.25, 0.3) is 16.6 Å². The Morgan fingerprint density at radius 1 is 1.00 bits per heavy atom. The van der Waals surface area contributed by atoms with E-state index in [-0.39, 0.29) is 17.5 Å². The molecule has 128 valence electrons. The topological polar surface area (TPSA) is 63.5 Å². The molecule has 4 aromatic rings. The van der Waals surface area contributed by atoms with Gasteiger partial charge in [-0.25, -0.2) is 4.98 Å². The molecule has 0 aliphatic rings. The number of nitrogens with one attached hydrogen (secondary N) is 1. The number of hydrogen-bond acceptors (Lipinski definition) is 3. The van der Waals surface area contributed by atoms with E-state index in [1.807, 2.05) is 43.3 Å². The lowest BCUT2D eigenvalue weighted by molar-refractivity contribution is 0.0939. The largest absolute Gasteiger partial charge is 0.345 e. The van der Waals surface area contributed by atoms with E-state index in [2.05, 4.69) is 10.3 Å². The van der Waals surface area contributed by atoms with Gasteiger partial charge >= 0.3 is 0 Å². The van der Waals surface area contributed by atoms with Crippen LogP contribution in [0.2, 0.25) is 0 Å². The normalized spacial score (nSPS) is 12.2. The Morgan fingerprint density at radius 3 is 2.54 bits per heavy atom. The SMILES string of the molecule is C[C@@H](NC(=O)c1ccc2nc3ccccc3c(=O)n2c1)c1ccccc1. The third-order valence-corrected chi connectivity index (χ3v) is 4.42. The molecule has 0 fully saturated rings. The molecule has 1 N–H and O–H groups in total. The summed E-state index contributed by atoms with van der Waals surface area (Å²) in [5.74, 6) is -0.233. The van der Waals surface area contributed by atoms with Crippen LogP contribution in [0.1, 0.15) is 28.9 Å². The molecule has 1 atom stereocenters. The maximum absolute atomic E-state index is 12.7. The summed E-state index contributed by atoms with van der Waals surface area (Å²) in [6, 6.07) is 20.2. The Morgan fingerprint density at radius 2 is 1.73 bits per heavy atom. The van der Waals surface area contributed by atoms with E-state index >= 15 is 0 Å². The van der Waals surface area contributed by atoms with Gasteiger partial charge in [0.25, 0.3) is 11.5 Å². The maximum Gasteiger partial charge on any atom is 0.265 e. The first-order valence-corrected chi connectivity index (χ1v) is 8.40. The van der Waals surface area contributed by atoms with Gasteiger partial charge in [0, 0.05) is 6.20 Å². The third-order valence-electron chi connectivity index (χ3n) is 4.42. The van der Waals surface area contributed by atoms with Crippen molar-refractivity contribution in [2.45, 2.75) is 13.0 Å². The summed E-state index contributed by atoms with van der Waals surface area (Å²) in [7, 11) is 0. The molecule has 0 spiro atoms. The Kier molecular flexibility index (Phi) is 3.97. The van der Waals surface area contributed by atoms with Crippen molar-refractivity contribution in [3.05, 3.63) is 94.4 Å². The number of benzene rings is 2. The van der Waals surface area contributed by atoms with Crippen LogP contribution in [0.3, 0.4) is 0 Å². The minimum absolute atomic E-state index is 0.133. The molecule has 2 aromatic heterocycles. The molecule has 0 aliphatic carbocycles. The molecule has 26 heavy (non-hydrogen) atoms. The Hall–Kier alpha value is -3.47. The van der Waals surface area contributed by atoms with Crippen molar-refractivity contribution in [3.8, 4) is 0 Å². The highest BCUT2D eigenvalue weighted by Crippen LogP contribution is 2.13. The fourth-order valence-electron chi connectivity index (χ4n) is 2.99. The second-order valence-corrected chi connectivity index (χ2v) is 6.19. The second kappa shape index (κ2) is 6.44. The van der Waals surface area contributed by atoms with Crippen molar-refractivity contribution in [2.24, 2.45) is 0 Å². The van der Waals surface area contributed by atoms with E-state index < -0.39 is 0 Å². The molecule has 2 aromatic carbocycles. The van der Waals surface area contributed by atoms with Gasteiger partial charge in [0.05, 0.1) is 22.5 Å². The second-order valence-electron chi connectivity index (χ2n) is 6.19. The number of carbonyl (C=O) groups excluding carboxylic acids is 1. The van der Waals surface area contributed by atoms with E-state index in [0.29, 0.717) is 22.1 Å². The van der Waals surface area contributed by atoms with Crippen LogP contribution >= 0.6 is 0 Å². The fourth-order valence-corrected chi connectivity index (χ4v) is 2.99. The zero-order chi connectivity index (χ0) is 18.1. The van der Waals surface area contributed by atoms with Crippen molar-refractivity contribution >= 4 is 22.5 Å². The standard InChI is InChI=1S/C21H17N3O2/c1-14(15-7-3-2-4-8-15)22-20(25)16-11-12-19-23-18-10-6-5-9-17(18)21(26)24(19)13-16/h2-14H,1H3,(H,22,25)/t14-/m1/s1. The van der Waals surface area contributed by atoms with Crippen LogP contribution in [0, 0.1) is 0 Å². The molecular formula is C21H17N3O2. The molecule has 5 nitrogen and oxygen atoms in total. The van der Waals surface area contributed by atoms with Crippen molar-refractivity contribution in [2.75, 3.05) is 0 Å². The summed E-state index contributed by atoms with van der Waals surface area (Å²) in [5.41, 5.74) is 2.41. The van der Waals surface area contributed by atoms with Crippen molar-refractivity contribution in [3.63, 3.8) is 0 Å². The Balaban J connectivity index is 1.70. The zero-order valence-corrected chi connectivity index (χ0v) is 14.2. The van der Waals surface area contributed by atoms with Crippen LogP contribution in [-0.4, -0.2) is 15.3 Å². The van der Waals surface area contributed by atoms with Gasteiger partial charge in [0.15, 0.2) is 0 Å². The number of amides is 1. The molecule has 0 radical (unpaired) electrons. The number of pyridine rings is 1. The number of rotatable bonds is 3. The summed E-state index contributed by atoms with van der Waals surface area (Å²) in [5, 5.41) is 3.49. The summed E-state index contributed by atoms with van der Waals surface area (Å²) in [4.78, 5) is 29.8. The number of para-hydroxylation sites is 1. The van der Waals surface area contributed by atoms with E-state index in [9.17, 15) is 9.59 Å². The zero-order valence-electron chi connectivity index (χ0n) is 14.2. The van der Waals surface area contributed by atoms with Gasteiger partial charge in [-0.1, -0.05) is 42.5 Å². The van der Waals surface area contributed by atoms with Crippen LogP contribution in [0.15, 0.2) is 77.7 Å². The quantitative estimate of drug-likeness (QED) is 0.580. The number of hydrogen-bond donors (Lipinski definition) is 1.